The van der Waals surface area contributed by atoms with Gasteiger partial charge in [-0.3, -0.25) is 0 Å². The molecule has 1 aliphatic rings. The first-order valence-electron chi connectivity index (χ1n) is 7.96. The van der Waals surface area contributed by atoms with Gasteiger partial charge in [0.1, 0.15) is 5.82 Å². The summed E-state index contributed by atoms with van der Waals surface area (Å²) in [7, 11) is 0. The molecule has 0 unspecified atom stereocenters. The Bertz CT molecular complexity index is 562. The van der Waals surface area contributed by atoms with Crippen LogP contribution in [-0.4, -0.2) is 18.5 Å². The number of aliphatic imine (C=N–C) groups is 1. The summed E-state index contributed by atoms with van der Waals surface area (Å²) in [5.41, 5.74) is 0.900. The van der Waals surface area contributed by atoms with Gasteiger partial charge in [-0.05, 0) is 38.0 Å². The Morgan fingerprint density at radius 1 is 1.35 bits per heavy atom. The molecule has 2 N–H and O–H groups in total. The van der Waals surface area contributed by atoms with Crippen LogP contribution in [0.1, 0.15) is 50.2 Å². The lowest BCUT2D eigenvalue weighted by atomic mass is 9.96. The van der Waals surface area contributed by atoms with Gasteiger partial charge in [-0.1, -0.05) is 19.3 Å². The lowest BCUT2D eigenvalue weighted by molar-refractivity contribution is 0.410. The zero-order valence-corrected chi connectivity index (χ0v) is 15.8. The number of hydrogen-bond acceptors (Lipinski definition) is 2. The quantitative estimate of drug-likeness (QED) is 0.435. The summed E-state index contributed by atoms with van der Waals surface area (Å²) in [5.74, 6) is 0.396. The molecule has 0 bridgehead atoms. The third-order valence-corrected chi connectivity index (χ3v) is 3.87. The summed E-state index contributed by atoms with van der Waals surface area (Å²) in [4.78, 5) is 4.46. The van der Waals surface area contributed by atoms with Crippen molar-refractivity contribution in [2.75, 3.05) is 6.54 Å². The predicted octanol–water partition coefficient (Wildman–Crippen LogP) is 3.70. The van der Waals surface area contributed by atoms with Crippen LogP contribution in [0.2, 0.25) is 0 Å². The first-order valence-corrected chi connectivity index (χ1v) is 7.96. The van der Waals surface area contributed by atoms with Crippen molar-refractivity contribution in [2.45, 2.75) is 51.6 Å². The fourth-order valence-electron chi connectivity index (χ4n) is 2.69. The molecule has 0 aromatic heterocycles. The summed E-state index contributed by atoms with van der Waals surface area (Å²) in [6, 6.07) is 6.84. The van der Waals surface area contributed by atoms with E-state index >= 15 is 0 Å². The van der Waals surface area contributed by atoms with Gasteiger partial charge in [-0.2, -0.15) is 5.26 Å². The second kappa shape index (κ2) is 10.4. The third kappa shape index (κ3) is 6.34. The van der Waals surface area contributed by atoms with Crippen LogP contribution >= 0.6 is 24.0 Å². The van der Waals surface area contributed by atoms with E-state index in [1.54, 1.807) is 6.07 Å². The SMILES string of the molecule is CCNC(=NCc1cc(C#N)ccc1F)NC1CCCCC1.I. The highest BCUT2D eigenvalue weighted by Gasteiger charge is 2.14. The highest BCUT2D eigenvalue weighted by molar-refractivity contribution is 14.0. The predicted molar refractivity (Wildman–Crippen MR) is 101 cm³/mol. The van der Waals surface area contributed by atoms with Gasteiger partial charge in [0.2, 0.25) is 0 Å². The molecule has 1 aliphatic carbocycles. The largest absolute Gasteiger partial charge is 0.357 e. The molecule has 0 atom stereocenters. The summed E-state index contributed by atoms with van der Waals surface area (Å²) >= 11 is 0. The number of nitrogens with one attached hydrogen (secondary N) is 2. The smallest absolute Gasteiger partial charge is 0.191 e. The average molecular weight is 430 g/mol. The van der Waals surface area contributed by atoms with Crippen LogP contribution in [0.3, 0.4) is 0 Å². The van der Waals surface area contributed by atoms with E-state index in [2.05, 4.69) is 15.6 Å². The van der Waals surface area contributed by atoms with Crippen molar-refractivity contribution in [3.05, 3.63) is 35.1 Å². The highest BCUT2D eigenvalue weighted by atomic mass is 127. The zero-order valence-electron chi connectivity index (χ0n) is 13.4. The van der Waals surface area contributed by atoms with Gasteiger partial charge in [-0.25, -0.2) is 9.38 Å². The molecule has 1 saturated carbocycles. The second-order valence-electron chi connectivity index (χ2n) is 5.59. The van der Waals surface area contributed by atoms with E-state index in [0.717, 1.165) is 25.3 Å². The van der Waals surface area contributed by atoms with Crippen molar-refractivity contribution >= 4 is 29.9 Å². The van der Waals surface area contributed by atoms with Crippen LogP contribution in [-0.2, 0) is 6.54 Å². The molecule has 126 valence electrons. The Kier molecular flexibility index (Phi) is 8.92. The molecule has 0 aliphatic heterocycles. The van der Waals surface area contributed by atoms with Crippen molar-refractivity contribution in [2.24, 2.45) is 4.99 Å². The number of rotatable bonds is 4. The number of halogens is 2. The molecule has 23 heavy (non-hydrogen) atoms. The van der Waals surface area contributed by atoms with Gasteiger partial charge in [-0.15, -0.1) is 24.0 Å². The lowest BCUT2D eigenvalue weighted by Gasteiger charge is -2.24. The molecule has 1 aromatic carbocycles. The van der Waals surface area contributed by atoms with Gasteiger partial charge in [0, 0.05) is 18.2 Å². The summed E-state index contributed by atoms with van der Waals surface area (Å²) in [6.45, 7) is 3.00. The van der Waals surface area contributed by atoms with Gasteiger partial charge < -0.3 is 10.6 Å². The maximum atomic E-state index is 13.8. The molecule has 0 spiro atoms. The van der Waals surface area contributed by atoms with Crippen molar-refractivity contribution in [1.29, 1.82) is 5.26 Å². The van der Waals surface area contributed by atoms with Crippen LogP contribution in [0.15, 0.2) is 23.2 Å². The molecule has 1 fully saturated rings. The van der Waals surface area contributed by atoms with E-state index in [1.165, 1.54) is 31.4 Å². The molecule has 0 heterocycles. The Morgan fingerprint density at radius 2 is 2.09 bits per heavy atom. The van der Waals surface area contributed by atoms with Crippen molar-refractivity contribution < 1.29 is 4.39 Å². The van der Waals surface area contributed by atoms with Gasteiger partial charge in [0.25, 0.3) is 0 Å². The summed E-state index contributed by atoms with van der Waals surface area (Å²) < 4.78 is 13.8. The van der Waals surface area contributed by atoms with E-state index in [-0.39, 0.29) is 36.3 Å². The fraction of sp³-hybridized carbons (Fsp3) is 0.529. The maximum absolute atomic E-state index is 13.8. The van der Waals surface area contributed by atoms with E-state index in [4.69, 9.17) is 5.26 Å². The van der Waals surface area contributed by atoms with Crippen LogP contribution < -0.4 is 10.6 Å². The molecule has 4 nitrogen and oxygen atoms in total. The van der Waals surface area contributed by atoms with Crippen molar-refractivity contribution in [3.8, 4) is 6.07 Å². The molecule has 6 heteroatoms. The molecule has 0 radical (unpaired) electrons. The van der Waals surface area contributed by atoms with Crippen LogP contribution in [0, 0.1) is 17.1 Å². The molecular weight excluding hydrogens is 406 g/mol. The number of hydrogen-bond donors (Lipinski definition) is 2. The van der Waals surface area contributed by atoms with Crippen LogP contribution in [0.25, 0.3) is 0 Å². The van der Waals surface area contributed by atoms with Crippen LogP contribution in [0.4, 0.5) is 4.39 Å². The zero-order chi connectivity index (χ0) is 15.8. The Morgan fingerprint density at radius 3 is 2.74 bits per heavy atom. The fourth-order valence-corrected chi connectivity index (χ4v) is 2.69. The van der Waals surface area contributed by atoms with Crippen molar-refractivity contribution in [3.63, 3.8) is 0 Å². The Labute approximate surface area is 154 Å². The first-order chi connectivity index (χ1) is 10.7. The third-order valence-electron chi connectivity index (χ3n) is 3.87. The minimum atomic E-state index is -0.323. The molecule has 2 rings (SSSR count). The van der Waals surface area contributed by atoms with E-state index < -0.39 is 0 Å². The van der Waals surface area contributed by atoms with Crippen LogP contribution in [0.5, 0.6) is 0 Å². The Hall–Kier alpha value is -1.36. The summed E-state index contributed by atoms with van der Waals surface area (Å²) in [5, 5.41) is 15.5. The standard InChI is InChI=1S/C17H23FN4.HI/c1-2-20-17(22-15-6-4-3-5-7-15)21-12-14-10-13(11-19)8-9-16(14)18;/h8-10,15H,2-7,12H2,1H3,(H2,20,21,22);1H. The average Bonchev–Trinajstić information content (AvgIpc) is 2.55. The number of guanidine groups is 1. The van der Waals surface area contributed by atoms with E-state index in [9.17, 15) is 4.39 Å². The molecule has 0 saturated heterocycles. The topological polar surface area (TPSA) is 60.2 Å². The molecule has 0 amide bonds. The Balaban J connectivity index is 0.00000264. The van der Waals surface area contributed by atoms with Gasteiger partial charge in [0.15, 0.2) is 5.96 Å². The highest BCUT2D eigenvalue weighted by Crippen LogP contribution is 2.17. The number of benzene rings is 1. The van der Waals surface area contributed by atoms with Gasteiger partial charge >= 0.3 is 0 Å². The summed E-state index contributed by atoms with van der Waals surface area (Å²) in [6.07, 6.45) is 6.11. The lowest BCUT2D eigenvalue weighted by Crippen LogP contribution is -2.44. The monoisotopic (exact) mass is 430 g/mol. The second-order valence-corrected chi connectivity index (χ2v) is 5.59. The maximum Gasteiger partial charge on any atom is 0.191 e. The van der Waals surface area contributed by atoms with Crippen molar-refractivity contribution in [1.82, 2.24) is 10.6 Å². The minimum absolute atomic E-state index is 0. The van der Waals surface area contributed by atoms with E-state index in [1.807, 2.05) is 13.0 Å². The number of nitriles is 1. The normalized spacial score (nSPS) is 15.4. The van der Waals surface area contributed by atoms with E-state index in [0.29, 0.717) is 17.2 Å². The number of nitrogens with zero attached hydrogens (tertiary/aromatic N) is 2. The molecule has 1 aromatic rings. The molecular formula is C17H24FIN4. The van der Waals surface area contributed by atoms with Gasteiger partial charge in [0.05, 0.1) is 18.2 Å². The minimum Gasteiger partial charge on any atom is -0.357 e. The first kappa shape index (κ1) is 19.7.